The average Bonchev–Trinajstić information content (AvgIpc) is 3.73. The van der Waals surface area contributed by atoms with E-state index in [1.165, 1.54) is 101 Å². The molecule has 0 radical (unpaired) electrons. The minimum absolute atomic E-state index is 0.713. The maximum absolute atomic E-state index is 5.33. The lowest BCUT2D eigenvalue weighted by molar-refractivity contribution is 1.19. The Kier molecular flexibility index (Phi) is 7.30. The summed E-state index contributed by atoms with van der Waals surface area (Å²) >= 11 is 1.84. The van der Waals surface area contributed by atoms with E-state index in [4.69, 9.17) is 9.97 Å². The summed E-state index contributed by atoms with van der Waals surface area (Å²) in [7, 11) is 0. The van der Waals surface area contributed by atoms with Gasteiger partial charge in [0.2, 0.25) is 0 Å². The van der Waals surface area contributed by atoms with Gasteiger partial charge in [0.1, 0.15) is 0 Å². The largest absolute Gasteiger partial charge is 0.228 e. The van der Waals surface area contributed by atoms with E-state index < -0.39 is 0 Å². The molecule has 14 aromatic rings. The van der Waals surface area contributed by atoms with Gasteiger partial charge in [-0.3, -0.25) is 0 Å². The van der Waals surface area contributed by atoms with Crippen LogP contribution < -0.4 is 0 Å². The number of hydrogen-bond donors (Lipinski definition) is 0. The molecular formula is C60H34N2S. The molecule has 0 bridgehead atoms. The molecule has 0 aliphatic rings. The lowest BCUT2D eigenvalue weighted by Crippen LogP contribution is -1.97. The van der Waals surface area contributed by atoms with Gasteiger partial charge in [0.25, 0.3) is 0 Å². The Morgan fingerprint density at radius 1 is 0.270 bits per heavy atom. The molecule has 14 rings (SSSR count). The van der Waals surface area contributed by atoms with Crippen molar-refractivity contribution >= 4 is 107 Å². The van der Waals surface area contributed by atoms with Gasteiger partial charge in [0.05, 0.1) is 11.4 Å². The molecule has 2 nitrogen and oxygen atoms in total. The van der Waals surface area contributed by atoms with Gasteiger partial charge < -0.3 is 0 Å². The van der Waals surface area contributed by atoms with Crippen molar-refractivity contribution < 1.29 is 0 Å². The summed E-state index contributed by atoms with van der Waals surface area (Å²) in [5.41, 5.74) is 7.34. The molecular weight excluding hydrogens is 781 g/mol. The third-order valence-electron chi connectivity index (χ3n) is 13.4. The quantitative estimate of drug-likeness (QED) is 0.165. The number of fused-ring (bicyclic) bond motifs is 6. The van der Waals surface area contributed by atoms with Gasteiger partial charge in [0.15, 0.2) is 5.82 Å². The number of rotatable bonds is 4. The van der Waals surface area contributed by atoms with Gasteiger partial charge in [-0.25, -0.2) is 9.97 Å². The first-order valence-electron chi connectivity index (χ1n) is 21.6. The van der Waals surface area contributed by atoms with Gasteiger partial charge >= 0.3 is 0 Å². The lowest BCUT2D eigenvalue weighted by atomic mass is 9.86. The summed E-state index contributed by atoms with van der Waals surface area (Å²) < 4.78 is 2.57. The summed E-state index contributed by atoms with van der Waals surface area (Å²) in [6, 6.07) is 75.8. The zero-order valence-corrected chi connectivity index (χ0v) is 34.7. The zero-order chi connectivity index (χ0) is 41.2. The van der Waals surface area contributed by atoms with E-state index in [0.717, 1.165) is 33.5 Å². The third-order valence-corrected chi connectivity index (χ3v) is 14.5. The van der Waals surface area contributed by atoms with E-state index in [0.29, 0.717) is 5.82 Å². The summed E-state index contributed by atoms with van der Waals surface area (Å²) in [6.45, 7) is 0. The molecule has 0 saturated heterocycles. The Balaban J connectivity index is 1.02. The second-order valence-corrected chi connectivity index (χ2v) is 17.9. The number of hydrogen-bond acceptors (Lipinski definition) is 3. The molecule has 12 aromatic carbocycles. The predicted molar refractivity (Wildman–Crippen MR) is 270 cm³/mol. The molecule has 0 fully saturated rings. The Morgan fingerprint density at radius 2 is 0.794 bits per heavy atom. The second kappa shape index (κ2) is 13.3. The highest BCUT2D eigenvalue weighted by atomic mass is 32.1. The smallest absolute Gasteiger partial charge is 0.160 e. The molecule has 3 heteroatoms. The fraction of sp³-hybridized carbons (Fsp3) is 0. The lowest BCUT2D eigenvalue weighted by Gasteiger charge is -2.18. The van der Waals surface area contributed by atoms with Crippen molar-refractivity contribution in [2.45, 2.75) is 0 Å². The monoisotopic (exact) mass is 814 g/mol. The standard InChI is InChI=1S/C60H34N2S/c1-2-11-38(12-3-1)60-61-52(39-27-30-55-50(32-39)46-18-6-7-22-54(46)63-55)34-53(62-60)45-29-28-42(43-16-4-5-17-44(43)45)41-31-40-26-25-37-14-9-20-48-47-19-8-13-35-23-24-36-15-10-21-49(58(36)56(35)47)51(33-41)59(40)57(37)48/h1-34H. The van der Waals surface area contributed by atoms with Gasteiger partial charge in [-0.2, -0.15) is 0 Å². The first-order valence-corrected chi connectivity index (χ1v) is 22.4. The average molecular weight is 815 g/mol. The predicted octanol–water partition coefficient (Wildman–Crippen LogP) is 17.0. The molecule has 2 heterocycles. The first kappa shape index (κ1) is 34.7. The fourth-order valence-electron chi connectivity index (χ4n) is 10.5. The van der Waals surface area contributed by atoms with Crippen molar-refractivity contribution in [3.63, 3.8) is 0 Å². The van der Waals surface area contributed by atoms with Crippen molar-refractivity contribution in [3.8, 4) is 45.0 Å². The summed E-state index contributed by atoms with van der Waals surface area (Å²) in [5, 5.41) is 20.3. The van der Waals surface area contributed by atoms with Crippen LogP contribution in [0.5, 0.6) is 0 Å². The van der Waals surface area contributed by atoms with E-state index in [1.807, 2.05) is 17.4 Å². The van der Waals surface area contributed by atoms with Crippen LogP contribution in [-0.2, 0) is 0 Å². The van der Waals surface area contributed by atoms with Crippen LogP contribution in [0.1, 0.15) is 0 Å². The second-order valence-electron chi connectivity index (χ2n) is 16.8. The van der Waals surface area contributed by atoms with E-state index in [2.05, 4.69) is 200 Å². The van der Waals surface area contributed by atoms with Crippen LogP contribution in [0.25, 0.3) is 141 Å². The molecule has 0 N–H and O–H groups in total. The van der Waals surface area contributed by atoms with Crippen molar-refractivity contribution in [1.29, 1.82) is 0 Å². The molecule has 63 heavy (non-hydrogen) atoms. The van der Waals surface area contributed by atoms with Crippen LogP contribution in [0.2, 0.25) is 0 Å². The summed E-state index contributed by atoms with van der Waals surface area (Å²) in [4.78, 5) is 10.6. The highest BCUT2D eigenvalue weighted by Crippen LogP contribution is 2.46. The van der Waals surface area contributed by atoms with E-state index in [-0.39, 0.29) is 0 Å². The van der Waals surface area contributed by atoms with Crippen LogP contribution in [0.4, 0.5) is 0 Å². The van der Waals surface area contributed by atoms with Gasteiger partial charge in [-0.05, 0) is 123 Å². The molecule has 2 aromatic heterocycles. The summed E-state index contributed by atoms with van der Waals surface area (Å²) in [5.74, 6) is 0.713. The van der Waals surface area contributed by atoms with Crippen molar-refractivity contribution in [3.05, 3.63) is 206 Å². The molecule has 0 aliphatic carbocycles. The van der Waals surface area contributed by atoms with Gasteiger partial charge in [-0.15, -0.1) is 11.3 Å². The number of benzene rings is 11. The molecule has 0 spiro atoms. The topological polar surface area (TPSA) is 25.8 Å². The highest BCUT2D eigenvalue weighted by molar-refractivity contribution is 7.25. The Labute approximate surface area is 366 Å². The van der Waals surface area contributed by atoms with E-state index >= 15 is 0 Å². The fourth-order valence-corrected chi connectivity index (χ4v) is 11.6. The Morgan fingerprint density at radius 3 is 1.51 bits per heavy atom. The molecule has 0 amide bonds. The minimum Gasteiger partial charge on any atom is -0.228 e. The molecule has 0 atom stereocenters. The van der Waals surface area contributed by atoms with Crippen LogP contribution >= 0.6 is 11.3 Å². The minimum atomic E-state index is 0.713. The number of nitrogens with zero attached hydrogens (tertiary/aromatic N) is 2. The molecule has 0 unspecified atom stereocenters. The van der Waals surface area contributed by atoms with Gasteiger partial charge in [-0.1, -0.05) is 170 Å². The highest BCUT2D eigenvalue weighted by Gasteiger charge is 2.19. The number of aromatic nitrogens is 2. The number of thiophene rings is 1. The van der Waals surface area contributed by atoms with Crippen LogP contribution in [0.15, 0.2) is 206 Å². The van der Waals surface area contributed by atoms with E-state index in [9.17, 15) is 0 Å². The Hall–Kier alpha value is -7.98. The normalized spacial score (nSPS) is 12.1. The molecule has 290 valence electrons. The van der Waals surface area contributed by atoms with Crippen molar-refractivity contribution in [2.75, 3.05) is 0 Å². The SMILES string of the molecule is c1ccc(-c2nc(-c3ccc4sc5ccccc5c4c3)cc(-c3ccc(-c4cc5ccc6cccc7c8cccc9ccc%10cccc(c(c4)c5c67)c%10c98)c4ccccc34)n2)cc1. The van der Waals surface area contributed by atoms with Crippen molar-refractivity contribution in [1.82, 2.24) is 9.97 Å². The third kappa shape index (κ3) is 5.18. The molecule has 0 aliphatic heterocycles. The van der Waals surface area contributed by atoms with E-state index in [1.54, 1.807) is 0 Å². The zero-order valence-electron chi connectivity index (χ0n) is 33.9. The van der Waals surface area contributed by atoms with Crippen LogP contribution in [0, 0.1) is 0 Å². The van der Waals surface area contributed by atoms with Crippen LogP contribution in [0.3, 0.4) is 0 Å². The summed E-state index contributed by atoms with van der Waals surface area (Å²) in [6.07, 6.45) is 0. The maximum Gasteiger partial charge on any atom is 0.160 e. The first-order chi connectivity index (χ1) is 31.2. The molecule has 0 saturated carbocycles. The Bertz CT molecular complexity index is 4200. The van der Waals surface area contributed by atoms with Crippen molar-refractivity contribution in [2.24, 2.45) is 0 Å². The van der Waals surface area contributed by atoms with Crippen LogP contribution in [-0.4, -0.2) is 9.97 Å². The van der Waals surface area contributed by atoms with Gasteiger partial charge in [0, 0.05) is 36.9 Å². The maximum atomic E-state index is 5.33.